The van der Waals surface area contributed by atoms with Gasteiger partial charge in [0.2, 0.25) is 0 Å². The fourth-order valence-corrected chi connectivity index (χ4v) is 5.79. The summed E-state index contributed by atoms with van der Waals surface area (Å²) in [6.45, 7) is 3.35. The molecule has 0 saturated carbocycles. The van der Waals surface area contributed by atoms with Crippen LogP contribution in [0, 0.1) is 0 Å². The quantitative estimate of drug-likeness (QED) is 0.336. The molecule has 0 atom stereocenters. The molecule has 1 saturated heterocycles. The number of carbonyl (C=O) groups is 1. The van der Waals surface area contributed by atoms with Gasteiger partial charge in [-0.2, -0.15) is 0 Å². The van der Waals surface area contributed by atoms with Crippen LogP contribution in [-0.4, -0.2) is 50.8 Å². The molecule has 1 aliphatic heterocycles. The van der Waals surface area contributed by atoms with Crippen LogP contribution in [0.25, 0.3) is 21.8 Å². The van der Waals surface area contributed by atoms with Crippen LogP contribution in [0.15, 0.2) is 76.4 Å². The third-order valence-corrected chi connectivity index (χ3v) is 7.68. The number of aromatic nitrogens is 4. The van der Waals surface area contributed by atoms with Crippen LogP contribution in [0.1, 0.15) is 28.0 Å². The highest BCUT2D eigenvalue weighted by Crippen LogP contribution is 2.32. The van der Waals surface area contributed by atoms with E-state index in [1.165, 1.54) is 9.13 Å². The predicted octanol–water partition coefficient (Wildman–Crippen LogP) is 1.33. The van der Waals surface area contributed by atoms with Crippen molar-refractivity contribution in [3.63, 3.8) is 0 Å². The number of fused-ring (bicyclic) bond motifs is 2. The lowest BCUT2D eigenvalue weighted by molar-refractivity contribution is -0.254. The zero-order valence-corrected chi connectivity index (χ0v) is 22.5. The molecule has 3 aromatic heterocycles. The lowest BCUT2D eigenvalue weighted by Gasteiger charge is -2.25. The van der Waals surface area contributed by atoms with Gasteiger partial charge >= 0.3 is 11.6 Å². The van der Waals surface area contributed by atoms with E-state index in [1.54, 1.807) is 13.2 Å². The Hall–Kier alpha value is -4.54. The summed E-state index contributed by atoms with van der Waals surface area (Å²) in [5.41, 5.74) is 5.34. The molecule has 0 bridgehead atoms. The molecule has 4 N–H and O–H groups in total. The smallest absolute Gasteiger partial charge is 0.346 e. The molecule has 0 radical (unpaired) electrons. The number of nitrogens with zero attached hydrogens (tertiary/aromatic N) is 5. The number of hydrogen-bond donors (Lipinski definition) is 2. The number of anilines is 1. The summed E-state index contributed by atoms with van der Waals surface area (Å²) in [7, 11) is 1.62. The van der Waals surface area contributed by atoms with Gasteiger partial charge in [-0.25, -0.2) is 9.59 Å². The number of quaternary nitrogens is 1. The highest BCUT2D eigenvalue weighted by atomic mass is 16.2. The van der Waals surface area contributed by atoms with Crippen molar-refractivity contribution in [1.29, 1.82) is 0 Å². The highest BCUT2D eigenvalue weighted by molar-refractivity contribution is 6.07. The summed E-state index contributed by atoms with van der Waals surface area (Å²) in [5, 5.41) is 5.26. The SMILES string of the molecule is Cn1c(=O)n(Cc2nccc3ccccc23)c(=O)c2c1c(C([NH3+])=O)c(N1CCCNCC1)n2Cc1ccccc1. The van der Waals surface area contributed by atoms with Crippen molar-refractivity contribution in [3.05, 3.63) is 105 Å². The minimum absolute atomic E-state index is 0.00986. The molecule has 4 heterocycles. The van der Waals surface area contributed by atoms with E-state index in [0.29, 0.717) is 47.7 Å². The van der Waals surface area contributed by atoms with Crippen LogP contribution in [0.2, 0.25) is 0 Å². The highest BCUT2D eigenvalue weighted by Gasteiger charge is 2.32. The van der Waals surface area contributed by atoms with E-state index in [0.717, 1.165) is 35.8 Å². The van der Waals surface area contributed by atoms with Gasteiger partial charge in [-0.1, -0.05) is 54.6 Å². The van der Waals surface area contributed by atoms with Crippen LogP contribution in [0.5, 0.6) is 0 Å². The number of amides is 1. The summed E-state index contributed by atoms with van der Waals surface area (Å²) < 4.78 is 4.55. The number of pyridine rings is 1. The monoisotopic (exact) mass is 538 g/mol. The number of carbonyl (C=O) groups excluding carboxylic acids is 1. The van der Waals surface area contributed by atoms with Crippen LogP contribution in [-0.2, 0) is 20.1 Å². The van der Waals surface area contributed by atoms with Crippen molar-refractivity contribution in [2.24, 2.45) is 7.05 Å². The molecule has 1 aliphatic rings. The van der Waals surface area contributed by atoms with E-state index in [2.05, 4.69) is 20.9 Å². The lowest BCUT2D eigenvalue weighted by atomic mass is 10.1. The Morgan fingerprint density at radius 1 is 0.925 bits per heavy atom. The molecular weight excluding hydrogens is 506 g/mol. The second-order valence-electron chi connectivity index (χ2n) is 10.2. The topological polar surface area (TPSA) is 122 Å². The molecule has 1 amide bonds. The maximum absolute atomic E-state index is 14.3. The Morgan fingerprint density at radius 3 is 2.50 bits per heavy atom. The number of aryl methyl sites for hydroxylation is 1. The zero-order chi connectivity index (χ0) is 27.8. The van der Waals surface area contributed by atoms with Gasteiger partial charge in [0.1, 0.15) is 16.9 Å². The minimum Gasteiger partial charge on any atom is -0.356 e. The maximum atomic E-state index is 14.3. The van der Waals surface area contributed by atoms with E-state index in [4.69, 9.17) is 0 Å². The van der Waals surface area contributed by atoms with Crippen molar-refractivity contribution in [1.82, 2.24) is 24.0 Å². The van der Waals surface area contributed by atoms with Crippen LogP contribution < -0.4 is 27.2 Å². The van der Waals surface area contributed by atoms with E-state index in [-0.39, 0.29) is 6.54 Å². The zero-order valence-electron chi connectivity index (χ0n) is 22.5. The van der Waals surface area contributed by atoms with Gasteiger partial charge in [0.25, 0.3) is 5.56 Å². The van der Waals surface area contributed by atoms with Gasteiger partial charge < -0.3 is 14.8 Å². The first-order valence-electron chi connectivity index (χ1n) is 13.5. The fraction of sp³-hybridized carbons (Fsp3) is 0.267. The minimum atomic E-state index is -0.504. The molecule has 0 unspecified atom stereocenters. The second kappa shape index (κ2) is 10.6. The summed E-state index contributed by atoms with van der Waals surface area (Å²) in [6.07, 6.45) is 2.57. The predicted molar refractivity (Wildman–Crippen MR) is 155 cm³/mol. The molecule has 204 valence electrons. The Balaban J connectivity index is 1.65. The molecular formula is C30H32N7O3+. The molecule has 10 heteroatoms. The van der Waals surface area contributed by atoms with Crippen LogP contribution >= 0.6 is 0 Å². The molecule has 5 aromatic rings. The Morgan fingerprint density at radius 2 is 1.70 bits per heavy atom. The number of nitrogens with one attached hydrogen (secondary N) is 1. The average molecular weight is 539 g/mol. The molecule has 0 spiro atoms. The van der Waals surface area contributed by atoms with Crippen molar-refractivity contribution < 1.29 is 10.5 Å². The second-order valence-corrected chi connectivity index (χ2v) is 10.2. The molecule has 2 aromatic carbocycles. The third-order valence-electron chi connectivity index (χ3n) is 7.68. The van der Waals surface area contributed by atoms with E-state index >= 15 is 0 Å². The van der Waals surface area contributed by atoms with Gasteiger partial charge in [-0.3, -0.25) is 24.6 Å². The largest absolute Gasteiger partial charge is 0.356 e. The fourth-order valence-electron chi connectivity index (χ4n) is 5.79. The molecule has 10 nitrogen and oxygen atoms in total. The average Bonchev–Trinajstić information content (AvgIpc) is 3.09. The molecule has 6 rings (SSSR count). The normalized spacial score (nSPS) is 14.1. The number of rotatable bonds is 6. The van der Waals surface area contributed by atoms with E-state index < -0.39 is 17.2 Å². The molecule has 0 aliphatic carbocycles. The third kappa shape index (κ3) is 4.41. The van der Waals surface area contributed by atoms with Crippen LogP contribution in [0.3, 0.4) is 0 Å². The summed E-state index contributed by atoms with van der Waals surface area (Å²) in [6, 6.07) is 19.5. The Labute approximate surface area is 230 Å². The number of hydrogen-bond acceptors (Lipinski definition) is 6. The van der Waals surface area contributed by atoms with Crippen molar-refractivity contribution in [2.45, 2.75) is 19.5 Å². The summed E-state index contributed by atoms with van der Waals surface area (Å²) >= 11 is 0. The van der Waals surface area contributed by atoms with Crippen molar-refractivity contribution in [2.75, 3.05) is 31.1 Å². The van der Waals surface area contributed by atoms with Crippen molar-refractivity contribution in [3.8, 4) is 0 Å². The Kier molecular flexibility index (Phi) is 6.79. The Bertz CT molecular complexity index is 1840. The lowest BCUT2D eigenvalue weighted by Crippen LogP contribution is -2.57. The van der Waals surface area contributed by atoms with E-state index in [9.17, 15) is 14.4 Å². The van der Waals surface area contributed by atoms with Gasteiger partial charge in [0, 0.05) is 44.8 Å². The first kappa shape index (κ1) is 25.7. The molecule has 1 fully saturated rings. The summed E-state index contributed by atoms with van der Waals surface area (Å²) in [4.78, 5) is 47.9. The van der Waals surface area contributed by atoms with Gasteiger partial charge in [0.15, 0.2) is 0 Å². The number of benzene rings is 2. The van der Waals surface area contributed by atoms with Gasteiger partial charge in [-0.05, 0) is 30.0 Å². The molecule has 40 heavy (non-hydrogen) atoms. The van der Waals surface area contributed by atoms with Gasteiger partial charge in [0.05, 0.1) is 17.8 Å². The van der Waals surface area contributed by atoms with E-state index in [1.807, 2.05) is 65.2 Å². The first-order chi connectivity index (χ1) is 19.5. The first-order valence-corrected chi connectivity index (χ1v) is 13.5. The standard InChI is InChI=1S/C30H31N7O3/c1-34-25-24(27(31)38)28(35-16-7-13-32-15-17-35)36(18-20-8-3-2-4-9-20)26(25)29(39)37(30(34)40)19-23-22-11-6-5-10-21(22)12-14-33-23/h2-6,8-12,14,32H,7,13,15-19H2,1H3,(H2,31,38)/p+1. The maximum Gasteiger partial charge on any atom is 0.346 e. The van der Waals surface area contributed by atoms with Crippen molar-refractivity contribution >= 4 is 33.5 Å². The van der Waals surface area contributed by atoms with Crippen LogP contribution in [0.4, 0.5) is 5.82 Å². The van der Waals surface area contributed by atoms with Gasteiger partial charge in [-0.15, -0.1) is 0 Å². The summed E-state index contributed by atoms with van der Waals surface area (Å²) in [5.74, 6) is 0.211.